The molecular formula is C24H34N2O3. The molecule has 5 heteroatoms. The van der Waals surface area contributed by atoms with Crippen LogP contribution in [0.5, 0.6) is 11.5 Å². The summed E-state index contributed by atoms with van der Waals surface area (Å²) >= 11 is 0. The molecule has 1 unspecified atom stereocenters. The van der Waals surface area contributed by atoms with E-state index in [-0.39, 0.29) is 6.61 Å². The Kier molecular flexibility index (Phi) is 8.35. The lowest BCUT2D eigenvalue weighted by Gasteiger charge is -2.28. The van der Waals surface area contributed by atoms with Crippen LogP contribution in [0.25, 0.3) is 0 Å². The van der Waals surface area contributed by atoms with Crippen LogP contribution in [-0.4, -0.2) is 49.5 Å². The second-order valence-corrected chi connectivity index (χ2v) is 7.84. The van der Waals surface area contributed by atoms with Gasteiger partial charge in [-0.25, -0.2) is 0 Å². The van der Waals surface area contributed by atoms with Crippen molar-refractivity contribution in [3.05, 3.63) is 59.2 Å². The number of methoxy groups -OCH3 is 1. The Bertz CT molecular complexity index is 760. The summed E-state index contributed by atoms with van der Waals surface area (Å²) < 4.78 is 11.4. The number of β-amino-alcohol motifs (C(OH)–C–C–N with tert-alkyl or cyclic N) is 1. The molecule has 0 saturated carbocycles. The predicted octanol–water partition coefficient (Wildman–Crippen LogP) is 3.52. The van der Waals surface area contributed by atoms with Crippen molar-refractivity contribution in [1.82, 2.24) is 10.2 Å². The van der Waals surface area contributed by atoms with Crippen LogP contribution in [0.1, 0.15) is 36.0 Å². The van der Waals surface area contributed by atoms with Crippen LogP contribution in [-0.2, 0) is 13.1 Å². The first-order valence-electron chi connectivity index (χ1n) is 10.6. The summed E-state index contributed by atoms with van der Waals surface area (Å²) in [6, 6.07) is 14.4. The summed E-state index contributed by atoms with van der Waals surface area (Å²) in [5.41, 5.74) is 3.72. The lowest BCUT2D eigenvalue weighted by atomic mass is 10.1. The topological polar surface area (TPSA) is 54.0 Å². The van der Waals surface area contributed by atoms with E-state index in [1.54, 1.807) is 7.11 Å². The number of likely N-dealkylation sites (tertiary alicyclic amines) is 1. The predicted molar refractivity (Wildman–Crippen MR) is 117 cm³/mol. The third-order valence-electron chi connectivity index (χ3n) is 5.48. The fourth-order valence-corrected chi connectivity index (χ4v) is 3.77. The Morgan fingerprint density at radius 3 is 2.59 bits per heavy atom. The zero-order valence-electron chi connectivity index (χ0n) is 17.7. The second-order valence-electron chi connectivity index (χ2n) is 7.84. The molecule has 0 aliphatic carbocycles. The average molecular weight is 399 g/mol. The van der Waals surface area contributed by atoms with Gasteiger partial charge in [-0.2, -0.15) is 0 Å². The minimum atomic E-state index is -0.499. The van der Waals surface area contributed by atoms with Gasteiger partial charge in [-0.1, -0.05) is 36.8 Å². The molecule has 1 heterocycles. The minimum absolute atomic E-state index is 0.271. The number of rotatable bonds is 10. The van der Waals surface area contributed by atoms with Crippen LogP contribution in [0.3, 0.4) is 0 Å². The minimum Gasteiger partial charge on any atom is -0.493 e. The molecule has 5 nitrogen and oxygen atoms in total. The van der Waals surface area contributed by atoms with E-state index >= 15 is 0 Å². The molecular weight excluding hydrogens is 364 g/mol. The maximum absolute atomic E-state index is 10.4. The lowest BCUT2D eigenvalue weighted by molar-refractivity contribution is 0.0608. The van der Waals surface area contributed by atoms with Crippen molar-refractivity contribution in [1.29, 1.82) is 0 Å². The molecule has 1 aliphatic heterocycles. The van der Waals surface area contributed by atoms with Gasteiger partial charge in [0.15, 0.2) is 11.5 Å². The average Bonchev–Trinajstić information content (AvgIpc) is 2.74. The molecule has 1 aliphatic rings. The van der Waals surface area contributed by atoms with Crippen molar-refractivity contribution >= 4 is 0 Å². The van der Waals surface area contributed by atoms with E-state index in [4.69, 9.17) is 9.47 Å². The Balaban J connectivity index is 1.51. The highest BCUT2D eigenvalue weighted by Crippen LogP contribution is 2.28. The van der Waals surface area contributed by atoms with Gasteiger partial charge in [-0.3, -0.25) is 0 Å². The van der Waals surface area contributed by atoms with Gasteiger partial charge in [-0.05, 0) is 61.7 Å². The van der Waals surface area contributed by atoms with Crippen molar-refractivity contribution in [3.63, 3.8) is 0 Å². The van der Waals surface area contributed by atoms with Crippen molar-refractivity contribution < 1.29 is 14.6 Å². The number of ether oxygens (including phenoxy) is 2. The molecule has 1 atom stereocenters. The third-order valence-corrected chi connectivity index (χ3v) is 5.48. The zero-order chi connectivity index (χ0) is 20.5. The zero-order valence-corrected chi connectivity index (χ0v) is 17.7. The molecule has 0 radical (unpaired) electrons. The van der Waals surface area contributed by atoms with Gasteiger partial charge in [0.05, 0.1) is 7.11 Å². The molecule has 0 aromatic heterocycles. The Morgan fingerprint density at radius 2 is 1.83 bits per heavy atom. The summed E-state index contributed by atoms with van der Waals surface area (Å²) in [5.74, 6) is 1.37. The molecule has 2 N–H and O–H groups in total. The van der Waals surface area contributed by atoms with E-state index in [0.29, 0.717) is 18.0 Å². The van der Waals surface area contributed by atoms with Gasteiger partial charge >= 0.3 is 0 Å². The first-order valence-corrected chi connectivity index (χ1v) is 10.6. The Morgan fingerprint density at radius 1 is 1.03 bits per heavy atom. The number of hydrogen-bond donors (Lipinski definition) is 2. The monoisotopic (exact) mass is 398 g/mol. The normalized spacial score (nSPS) is 15.8. The standard InChI is InChI=1S/C24H34N2O3/c1-19-8-4-5-9-21(19)16-25-15-20-10-11-23(28-2)24(14-20)29-18-22(27)17-26-12-6-3-7-13-26/h4-5,8-11,14,22,25,27H,3,6-7,12-13,15-18H2,1-2H3. The first-order chi connectivity index (χ1) is 14.2. The summed E-state index contributed by atoms with van der Waals surface area (Å²) in [7, 11) is 1.64. The van der Waals surface area contributed by atoms with Crippen LogP contribution in [0.4, 0.5) is 0 Å². The van der Waals surface area contributed by atoms with E-state index in [1.165, 1.54) is 30.4 Å². The smallest absolute Gasteiger partial charge is 0.161 e. The summed E-state index contributed by atoms with van der Waals surface area (Å²) in [5, 5.41) is 13.9. The number of aliphatic hydroxyl groups excluding tert-OH is 1. The van der Waals surface area contributed by atoms with E-state index < -0.39 is 6.10 Å². The van der Waals surface area contributed by atoms with Gasteiger partial charge in [0.1, 0.15) is 12.7 Å². The lowest BCUT2D eigenvalue weighted by Crippen LogP contribution is -2.38. The first kappa shape index (κ1) is 21.6. The number of hydrogen-bond acceptors (Lipinski definition) is 5. The van der Waals surface area contributed by atoms with Crippen LogP contribution >= 0.6 is 0 Å². The molecule has 0 amide bonds. The van der Waals surface area contributed by atoms with Gasteiger partial charge in [-0.15, -0.1) is 0 Å². The molecule has 2 aromatic rings. The van der Waals surface area contributed by atoms with Gasteiger partial charge < -0.3 is 24.8 Å². The van der Waals surface area contributed by atoms with Crippen LogP contribution < -0.4 is 14.8 Å². The highest BCUT2D eigenvalue weighted by molar-refractivity contribution is 5.43. The number of aliphatic hydroxyl groups is 1. The third kappa shape index (κ3) is 6.74. The highest BCUT2D eigenvalue weighted by atomic mass is 16.5. The number of benzene rings is 2. The Hall–Kier alpha value is -2.08. The van der Waals surface area contributed by atoms with E-state index in [2.05, 4.69) is 41.4 Å². The SMILES string of the molecule is COc1ccc(CNCc2ccccc2C)cc1OCC(O)CN1CCCCC1. The molecule has 1 fully saturated rings. The maximum Gasteiger partial charge on any atom is 0.161 e. The molecule has 0 bridgehead atoms. The number of piperidine rings is 1. The quantitative estimate of drug-likeness (QED) is 0.641. The van der Waals surface area contributed by atoms with Crippen molar-refractivity contribution in [2.45, 2.75) is 45.4 Å². The van der Waals surface area contributed by atoms with Crippen LogP contribution in [0.2, 0.25) is 0 Å². The largest absolute Gasteiger partial charge is 0.493 e. The molecule has 29 heavy (non-hydrogen) atoms. The van der Waals surface area contributed by atoms with E-state index in [0.717, 1.165) is 31.7 Å². The van der Waals surface area contributed by atoms with E-state index in [9.17, 15) is 5.11 Å². The fourth-order valence-electron chi connectivity index (χ4n) is 3.77. The van der Waals surface area contributed by atoms with Gasteiger partial charge in [0.2, 0.25) is 0 Å². The van der Waals surface area contributed by atoms with Crippen molar-refractivity contribution in [2.24, 2.45) is 0 Å². The number of nitrogens with one attached hydrogen (secondary N) is 1. The van der Waals surface area contributed by atoms with Gasteiger partial charge in [0, 0.05) is 19.6 Å². The molecule has 3 rings (SSSR count). The molecule has 1 saturated heterocycles. The fraction of sp³-hybridized carbons (Fsp3) is 0.500. The Labute approximate surface area is 174 Å². The summed E-state index contributed by atoms with van der Waals surface area (Å²) in [6.07, 6.45) is 3.24. The second kappa shape index (κ2) is 11.2. The molecule has 0 spiro atoms. The number of nitrogens with zero attached hydrogens (tertiary/aromatic N) is 1. The summed E-state index contributed by atoms with van der Waals surface area (Å²) in [4.78, 5) is 2.32. The summed E-state index contributed by atoms with van der Waals surface area (Å²) in [6.45, 7) is 6.78. The van der Waals surface area contributed by atoms with Crippen molar-refractivity contribution in [2.75, 3.05) is 33.4 Å². The van der Waals surface area contributed by atoms with Gasteiger partial charge in [0.25, 0.3) is 0 Å². The maximum atomic E-state index is 10.4. The van der Waals surface area contributed by atoms with E-state index in [1.807, 2.05) is 18.2 Å². The molecule has 158 valence electrons. The van der Waals surface area contributed by atoms with Crippen LogP contribution in [0.15, 0.2) is 42.5 Å². The molecule has 2 aromatic carbocycles. The van der Waals surface area contributed by atoms with Crippen LogP contribution in [0, 0.1) is 6.92 Å². The van der Waals surface area contributed by atoms with Crippen molar-refractivity contribution in [3.8, 4) is 11.5 Å². The number of aryl methyl sites for hydroxylation is 1. The highest BCUT2D eigenvalue weighted by Gasteiger charge is 2.16.